The molecule has 0 aliphatic heterocycles. The van der Waals surface area contributed by atoms with Gasteiger partial charge in [0.2, 0.25) is 0 Å². The standard InChI is InChI=1S/C16H28N4O2/c1-5-20-14-7-6-12(18-8-9-22-11(2)3)10-13(14)15(19-20)16(21)17-4/h11-12,18H,5-10H2,1-4H3,(H,17,21). The van der Waals surface area contributed by atoms with Gasteiger partial charge >= 0.3 is 0 Å². The lowest BCUT2D eigenvalue weighted by Gasteiger charge is -2.24. The molecule has 0 spiro atoms. The maximum absolute atomic E-state index is 12.0. The normalized spacial score (nSPS) is 17.6. The molecular formula is C16H28N4O2. The Morgan fingerprint density at radius 1 is 1.50 bits per heavy atom. The topological polar surface area (TPSA) is 68.2 Å². The number of nitrogens with zero attached hydrogens (tertiary/aromatic N) is 2. The molecule has 0 saturated heterocycles. The van der Waals surface area contributed by atoms with E-state index >= 15 is 0 Å². The summed E-state index contributed by atoms with van der Waals surface area (Å²) in [6, 6.07) is 0.390. The number of rotatable bonds is 7. The van der Waals surface area contributed by atoms with Gasteiger partial charge in [-0.25, -0.2) is 0 Å². The zero-order chi connectivity index (χ0) is 16.1. The van der Waals surface area contributed by atoms with Crippen LogP contribution in [0.25, 0.3) is 0 Å². The highest BCUT2D eigenvalue weighted by molar-refractivity contribution is 5.93. The first-order chi connectivity index (χ1) is 10.6. The molecule has 2 rings (SSSR count). The Labute approximate surface area is 132 Å². The number of nitrogens with one attached hydrogen (secondary N) is 2. The van der Waals surface area contributed by atoms with Gasteiger partial charge in [-0.3, -0.25) is 9.48 Å². The fourth-order valence-electron chi connectivity index (χ4n) is 2.98. The van der Waals surface area contributed by atoms with E-state index in [2.05, 4.69) is 22.7 Å². The SMILES string of the molecule is CCn1nc(C(=O)NC)c2c1CCC(NCCOC(C)C)C2. The largest absolute Gasteiger partial charge is 0.377 e. The van der Waals surface area contributed by atoms with Crippen LogP contribution < -0.4 is 10.6 Å². The van der Waals surface area contributed by atoms with Crippen LogP contribution in [0.1, 0.15) is 48.9 Å². The monoisotopic (exact) mass is 308 g/mol. The van der Waals surface area contributed by atoms with E-state index in [9.17, 15) is 4.79 Å². The number of carbonyl (C=O) groups is 1. The third-order valence-electron chi connectivity index (χ3n) is 4.07. The van der Waals surface area contributed by atoms with E-state index in [0.29, 0.717) is 11.7 Å². The van der Waals surface area contributed by atoms with Crippen molar-refractivity contribution >= 4 is 5.91 Å². The first-order valence-corrected chi connectivity index (χ1v) is 8.22. The molecule has 22 heavy (non-hydrogen) atoms. The molecule has 1 aromatic heterocycles. The van der Waals surface area contributed by atoms with Crippen molar-refractivity contribution in [2.45, 2.75) is 58.7 Å². The van der Waals surface area contributed by atoms with Crippen molar-refractivity contribution < 1.29 is 9.53 Å². The second-order valence-corrected chi connectivity index (χ2v) is 5.98. The van der Waals surface area contributed by atoms with Crippen LogP contribution in [0.15, 0.2) is 0 Å². The number of amides is 1. The number of hydrogen-bond acceptors (Lipinski definition) is 4. The molecule has 124 valence electrons. The average Bonchev–Trinajstić information content (AvgIpc) is 2.88. The van der Waals surface area contributed by atoms with E-state index in [1.807, 2.05) is 18.5 Å². The highest BCUT2D eigenvalue weighted by atomic mass is 16.5. The minimum Gasteiger partial charge on any atom is -0.377 e. The van der Waals surface area contributed by atoms with Gasteiger partial charge in [0.1, 0.15) is 0 Å². The molecule has 1 aliphatic carbocycles. The number of ether oxygens (including phenoxy) is 1. The molecule has 2 N–H and O–H groups in total. The van der Waals surface area contributed by atoms with Gasteiger partial charge in [-0.05, 0) is 40.0 Å². The predicted octanol–water partition coefficient (Wildman–Crippen LogP) is 1.13. The van der Waals surface area contributed by atoms with Crippen molar-refractivity contribution in [1.29, 1.82) is 0 Å². The molecule has 1 unspecified atom stereocenters. The second kappa shape index (κ2) is 7.74. The van der Waals surface area contributed by atoms with Gasteiger partial charge in [-0.1, -0.05) is 0 Å². The van der Waals surface area contributed by atoms with Gasteiger partial charge in [-0.15, -0.1) is 0 Å². The molecule has 1 aliphatic rings. The molecule has 1 heterocycles. The number of carbonyl (C=O) groups excluding carboxylic acids is 1. The van der Waals surface area contributed by atoms with E-state index in [-0.39, 0.29) is 12.0 Å². The van der Waals surface area contributed by atoms with Crippen molar-refractivity contribution in [1.82, 2.24) is 20.4 Å². The van der Waals surface area contributed by atoms with Crippen LogP contribution in [0.4, 0.5) is 0 Å². The molecule has 1 atom stereocenters. The van der Waals surface area contributed by atoms with Crippen molar-refractivity contribution in [3.8, 4) is 0 Å². The molecule has 0 saturated carbocycles. The summed E-state index contributed by atoms with van der Waals surface area (Å²) in [5.41, 5.74) is 2.91. The molecule has 0 bridgehead atoms. The van der Waals surface area contributed by atoms with Crippen molar-refractivity contribution in [3.63, 3.8) is 0 Å². The third-order valence-corrected chi connectivity index (χ3v) is 4.07. The quantitative estimate of drug-likeness (QED) is 0.741. The molecule has 1 aromatic rings. The summed E-state index contributed by atoms with van der Waals surface area (Å²) in [7, 11) is 1.65. The zero-order valence-electron chi connectivity index (χ0n) is 14.1. The molecule has 6 nitrogen and oxygen atoms in total. The predicted molar refractivity (Wildman–Crippen MR) is 86.2 cm³/mol. The summed E-state index contributed by atoms with van der Waals surface area (Å²) in [6.45, 7) is 8.52. The number of aryl methyl sites for hydroxylation is 1. The molecule has 6 heteroatoms. The van der Waals surface area contributed by atoms with E-state index in [0.717, 1.165) is 44.5 Å². The highest BCUT2D eigenvalue weighted by Crippen LogP contribution is 2.25. The van der Waals surface area contributed by atoms with Crippen LogP contribution in [0.3, 0.4) is 0 Å². The van der Waals surface area contributed by atoms with E-state index in [1.54, 1.807) is 7.05 Å². The smallest absolute Gasteiger partial charge is 0.271 e. The lowest BCUT2D eigenvalue weighted by molar-refractivity contribution is 0.0790. The number of aromatic nitrogens is 2. The van der Waals surface area contributed by atoms with Crippen molar-refractivity contribution in [2.24, 2.45) is 0 Å². The average molecular weight is 308 g/mol. The summed E-state index contributed by atoms with van der Waals surface area (Å²) in [5.74, 6) is -0.0905. The lowest BCUT2D eigenvalue weighted by Crippen LogP contribution is -2.37. The van der Waals surface area contributed by atoms with E-state index < -0.39 is 0 Å². The maximum atomic E-state index is 12.0. The second-order valence-electron chi connectivity index (χ2n) is 5.98. The Bertz CT molecular complexity index is 510. The van der Waals surface area contributed by atoms with Crippen LogP contribution in [0.5, 0.6) is 0 Å². The first kappa shape index (κ1) is 17.0. The van der Waals surface area contributed by atoms with Crippen LogP contribution in [-0.2, 0) is 24.1 Å². The van der Waals surface area contributed by atoms with Crippen LogP contribution >= 0.6 is 0 Å². The van der Waals surface area contributed by atoms with Gasteiger partial charge in [-0.2, -0.15) is 5.10 Å². The summed E-state index contributed by atoms with van der Waals surface area (Å²) in [6.07, 6.45) is 3.17. The van der Waals surface area contributed by atoms with Gasteiger partial charge in [0, 0.05) is 37.4 Å². The number of hydrogen-bond donors (Lipinski definition) is 2. The fraction of sp³-hybridized carbons (Fsp3) is 0.750. The van der Waals surface area contributed by atoms with Crippen LogP contribution in [0, 0.1) is 0 Å². The Morgan fingerprint density at radius 3 is 2.91 bits per heavy atom. The summed E-state index contributed by atoms with van der Waals surface area (Å²) >= 11 is 0. The highest BCUT2D eigenvalue weighted by Gasteiger charge is 2.28. The van der Waals surface area contributed by atoms with Crippen LogP contribution in [0.2, 0.25) is 0 Å². The third kappa shape index (κ3) is 3.87. The van der Waals surface area contributed by atoms with Gasteiger partial charge in [0.15, 0.2) is 5.69 Å². The summed E-state index contributed by atoms with van der Waals surface area (Å²) < 4.78 is 7.53. The van der Waals surface area contributed by atoms with Crippen molar-refractivity contribution in [3.05, 3.63) is 17.0 Å². The van der Waals surface area contributed by atoms with Gasteiger partial charge < -0.3 is 15.4 Å². The molecule has 0 fully saturated rings. The zero-order valence-corrected chi connectivity index (χ0v) is 14.1. The van der Waals surface area contributed by atoms with E-state index in [4.69, 9.17) is 4.74 Å². The fourth-order valence-corrected chi connectivity index (χ4v) is 2.98. The Morgan fingerprint density at radius 2 is 2.27 bits per heavy atom. The Balaban J connectivity index is 2.02. The number of fused-ring (bicyclic) bond motifs is 1. The van der Waals surface area contributed by atoms with Crippen LogP contribution in [-0.4, -0.2) is 48.0 Å². The Kier molecular flexibility index (Phi) is 5.97. The van der Waals surface area contributed by atoms with Gasteiger partial charge in [0.25, 0.3) is 5.91 Å². The van der Waals surface area contributed by atoms with Crippen molar-refractivity contribution in [2.75, 3.05) is 20.2 Å². The summed E-state index contributed by atoms with van der Waals surface area (Å²) in [4.78, 5) is 12.0. The molecule has 1 amide bonds. The van der Waals surface area contributed by atoms with E-state index in [1.165, 1.54) is 5.69 Å². The molecule has 0 aromatic carbocycles. The summed E-state index contributed by atoms with van der Waals surface area (Å²) in [5, 5.41) is 10.7. The molecular weight excluding hydrogens is 280 g/mol. The van der Waals surface area contributed by atoms with Gasteiger partial charge in [0.05, 0.1) is 12.7 Å². The minimum absolute atomic E-state index is 0.0905. The minimum atomic E-state index is -0.0905. The molecule has 0 radical (unpaired) electrons. The lowest BCUT2D eigenvalue weighted by atomic mass is 9.91. The maximum Gasteiger partial charge on any atom is 0.271 e. The first-order valence-electron chi connectivity index (χ1n) is 8.22. The Hall–Kier alpha value is -1.40.